The van der Waals surface area contributed by atoms with Crippen LogP contribution >= 0.6 is 0 Å². The molecule has 0 saturated carbocycles. The summed E-state index contributed by atoms with van der Waals surface area (Å²) >= 11 is 0. The number of rotatable bonds is 9. The first-order valence-corrected chi connectivity index (χ1v) is 9.80. The second kappa shape index (κ2) is 11.0. The lowest BCUT2D eigenvalue weighted by Crippen LogP contribution is -2.36. The van der Waals surface area contributed by atoms with Crippen LogP contribution in [-0.2, 0) is 25.5 Å². The first-order valence-electron chi connectivity index (χ1n) is 9.80. The van der Waals surface area contributed by atoms with Crippen molar-refractivity contribution in [3.8, 4) is 5.75 Å². The third-order valence-electron chi connectivity index (χ3n) is 4.45. The average Bonchev–Trinajstić information content (AvgIpc) is 2.71. The minimum atomic E-state index is -0.661. The summed E-state index contributed by atoms with van der Waals surface area (Å²) in [4.78, 5) is 35.8. The Kier molecular flexibility index (Phi) is 8.41. The predicted octanol–water partition coefficient (Wildman–Crippen LogP) is 2.85. The lowest BCUT2D eigenvalue weighted by atomic mass is 10.1. The lowest BCUT2D eigenvalue weighted by Gasteiger charge is -2.13. The van der Waals surface area contributed by atoms with Crippen molar-refractivity contribution in [3.05, 3.63) is 58.7 Å². The molecule has 2 aromatic rings. The van der Waals surface area contributed by atoms with E-state index < -0.39 is 18.5 Å². The number of amides is 2. The average molecular weight is 412 g/mol. The number of benzene rings is 2. The van der Waals surface area contributed by atoms with Gasteiger partial charge in [0.25, 0.3) is 5.91 Å². The van der Waals surface area contributed by atoms with Gasteiger partial charge in [0.2, 0.25) is 5.91 Å². The van der Waals surface area contributed by atoms with Crippen molar-refractivity contribution in [1.29, 1.82) is 0 Å². The summed E-state index contributed by atoms with van der Waals surface area (Å²) in [5, 5.41) is 5.23. The van der Waals surface area contributed by atoms with E-state index >= 15 is 0 Å². The van der Waals surface area contributed by atoms with Crippen LogP contribution in [0.25, 0.3) is 0 Å². The summed E-state index contributed by atoms with van der Waals surface area (Å²) < 4.78 is 10.3. The highest BCUT2D eigenvalue weighted by Crippen LogP contribution is 2.21. The van der Waals surface area contributed by atoms with E-state index in [1.165, 1.54) is 0 Å². The summed E-state index contributed by atoms with van der Waals surface area (Å²) in [6.07, 6.45) is 0.775. The highest BCUT2D eigenvalue weighted by atomic mass is 16.6. The molecular weight excluding hydrogens is 384 g/mol. The lowest BCUT2D eigenvalue weighted by molar-refractivity contribution is -0.150. The van der Waals surface area contributed by atoms with E-state index in [9.17, 15) is 14.4 Å². The quantitative estimate of drug-likeness (QED) is 0.618. The van der Waals surface area contributed by atoms with Crippen LogP contribution in [0, 0.1) is 20.8 Å². The van der Waals surface area contributed by atoms with Gasteiger partial charge in [-0.3, -0.25) is 9.59 Å². The number of anilines is 1. The molecule has 0 aliphatic heterocycles. The molecule has 0 unspecified atom stereocenters. The molecular formula is C23H28N2O5. The third kappa shape index (κ3) is 6.92. The molecule has 0 saturated heterocycles. The van der Waals surface area contributed by atoms with E-state index in [0.29, 0.717) is 5.75 Å². The molecule has 2 aromatic carbocycles. The Morgan fingerprint density at radius 1 is 0.933 bits per heavy atom. The number of hydrogen-bond donors (Lipinski definition) is 2. The largest absolute Gasteiger partial charge is 0.482 e. The minimum Gasteiger partial charge on any atom is -0.482 e. The van der Waals surface area contributed by atoms with Gasteiger partial charge in [0.15, 0.2) is 13.2 Å². The van der Waals surface area contributed by atoms with Crippen LogP contribution in [0.15, 0.2) is 36.4 Å². The van der Waals surface area contributed by atoms with Crippen LogP contribution in [-0.4, -0.2) is 37.5 Å². The Labute approximate surface area is 176 Å². The molecule has 0 radical (unpaired) electrons. The number of carbonyl (C=O) groups excluding carboxylic acids is 3. The number of esters is 1. The Bertz CT molecular complexity index is 901. The van der Waals surface area contributed by atoms with Crippen molar-refractivity contribution < 1.29 is 23.9 Å². The summed E-state index contributed by atoms with van der Waals surface area (Å²) in [5.74, 6) is -0.972. The van der Waals surface area contributed by atoms with Crippen molar-refractivity contribution in [3.63, 3.8) is 0 Å². The number of hydrogen-bond acceptors (Lipinski definition) is 5. The molecule has 0 aliphatic carbocycles. The molecule has 0 bridgehead atoms. The second-order valence-electron chi connectivity index (χ2n) is 7.01. The molecule has 7 heteroatoms. The molecule has 2 rings (SSSR count). The normalized spacial score (nSPS) is 10.3. The van der Waals surface area contributed by atoms with E-state index in [1.54, 1.807) is 6.07 Å². The number of para-hydroxylation sites is 1. The Balaban J connectivity index is 1.72. The van der Waals surface area contributed by atoms with Gasteiger partial charge in [-0.25, -0.2) is 4.79 Å². The van der Waals surface area contributed by atoms with Crippen LogP contribution < -0.4 is 15.4 Å². The molecule has 0 spiro atoms. The van der Waals surface area contributed by atoms with Gasteiger partial charge in [-0.2, -0.15) is 0 Å². The number of nitrogens with one attached hydrogen (secondary N) is 2. The zero-order chi connectivity index (χ0) is 22.1. The Hall–Kier alpha value is -3.35. The van der Waals surface area contributed by atoms with Gasteiger partial charge >= 0.3 is 5.97 Å². The minimum absolute atomic E-state index is 0.219. The van der Waals surface area contributed by atoms with Gasteiger partial charge in [0.1, 0.15) is 5.75 Å². The molecule has 0 atom stereocenters. The van der Waals surface area contributed by atoms with E-state index in [2.05, 4.69) is 10.6 Å². The summed E-state index contributed by atoms with van der Waals surface area (Å²) in [5.41, 5.74) is 4.72. The molecule has 0 aromatic heterocycles. The smallest absolute Gasteiger partial charge is 0.344 e. The molecule has 30 heavy (non-hydrogen) atoms. The molecule has 160 valence electrons. The van der Waals surface area contributed by atoms with E-state index in [4.69, 9.17) is 9.47 Å². The van der Waals surface area contributed by atoms with Crippen molar-refractivity contribution in [2.24, 2.45) is 0 Å². The zero-order valence-electron chi connectivity index (χ0n) is 17.8. The highest BCUT2D eigenvalue weighted by Gasteiger charge is 2.12. The Morgan fingerprint density at radius 2 is 1.60 bits per heavy atom. The predicted molar refractivity (Wildman–Crippen MR) is 115 cm³/mol. The molecule has 0 aliphatic rings. The number of carbonyl (C=O) groups is 3. The highest BCUT2D eigenvalue weighted by molar-refractivity contribution is 5.96. The maximum Gasteiger partial charge on any atom is 0.344 e. The maximum atomic E-state index is 12.1. The monoisotopic (exact) mass is 412 g/mol. The topological polar surface area (TPSA) is 93.7 Å². The van der Waals surface area contributed by atoms with Gasteiger partial charge < -0.3 is 20.1 Å². The van der Waals surface area contributed by atoms with Crippen molar-refractivity contribution in [2.75, 3.05) is 25.1 Å². The van der Waals surface area contributed by atoms with Gasteiger partial charge in [0.05, 0.1) is 6.54 Å². The SMILES string of the molecule is CCc1ccccc1OCC(=O)OCC(=O)NCC(=O)Nc1c(C)cc(C)cc1C. The van der Waals surface area contributed by atoms with Gasteiger partial charge in [-0.05, 0) is 49.9 Å². The summed E-state index contributed by atoms with van der Waals surface area (Å²) in [6.45, 7) is 6.81. The van der Waals surface area contributed by atoms with Gasteiger partial charge in [-0.1, -0.05) is 42.8 Å². The van der Waals surface area contributed by atoms with Crippen LogP contribution in [0.5, 0.6) is 5.75 Å². The summed E-state index contributed by atoms with van der Waals surface area (Å²) in [6, 6.07) is 11.3. The van der Waals surface area contributed by atoms with E-state index in [0.717, 1.165) is 34.4 Å². The van der Waals surface area contributed by atoms with Crippen LogP contribution in [0.2, 0.25) is 0 Å². The van der Waals surface area contributed by atoms with Crippen LogP contribution in [0.3, 0.4) is 0 Å². The van der Waals surface area contributed by atoms with E-state index in [-0.39, 0.29) is 19.1 Å². The number of ether oxygens (including phenoxy) is 2. The molecule has 2 N–H and O–H groups in total. The van der Waals surface area contributed by atoms with Gasteiger partial charge in [-0.15, -0.1) is 0 Å². The van der Waals surface area contributed by atoms with Crippen molar-refractivity contribution in [1.82, 2.24) is 5.32 Å². The molecule has 7 nitrogen and oxygen atoms in total. The van der Waals surface area contributed by atoms with Crippen LogP contribution in [0.4, 0.5) is 5.69 Å². The zero-order valence-corrected chi connectivity index (χ0v) is 17.8. The summed E-state index contributed by atoms with van der Waals surface area (Å²) in [7, 11) is 0. The van der Waals surface area contributed by atoms with Crippen molar-refractivity contribution in [2.45, 2.75) is 34.1 Å². The van der Waals surface area contributed by atoms with Crippen LogP contribution in [0.1, 0.15) is 29.2 Å². The fraction of sp³-hybridized carbons (Fsp3) is 0.348. The first kappa shape index (κ1) is 22.9. The Morgan fingerprint density at radius 3 is 2.27 bits per heavy atom. The fourth-order valence-electron chi connectivity index (χ4n) is 3.05. The molecule has 0 heterocycles. The molecule has 0 fully saturated rings. The molecule has 2 amide bonds. The maximum absolute atomic E-state index is 12.1. The second-order valence-corrected chi connectivity index (χ2v) is 7.01. The number of aryl methyl sites for hydroxylation is 4. The fourth-order valence-corrected chi connectivity index (χ4v) is 3.05. The van der Waals surface area contributed by atoms with Crippen molar-refractivity contribution >= 4 is 23.5 Å². The van der Waals surface area contributed by atoms with Gasteiger partial charge in [0, 0.05) is 5.69 Å². The third-order valence-corrected chi connectivity index (χ3v) is 4.45. The standard InChI is InChI=1S/C23H28N2O5/c1-5-18-8-6-7-9-19(18)29-14-22(28)30-13-21(27)24-12-20(26)25-23-16(3)10-15(2)11-17(23)4/h6-11H,5,12-14H2,1-4H3,(H,24,27)(H,25,26). The first-order chi connectivity index (χ1) is 14.3. The van der Waals surface area contributed by atoms with E-state index in [1.807, 2.05) is 58.0 Å².